The smallest absolute Gasteiger partial charge is 0.348 e. The van der Waals surface area contributed by atoms with Crippen molar-refractivity contribution in [2.75, 3.05) is 22.5 Å². The number of nitrogens with one attached hydrogen (secondary N) is 1. The van der Waals surface area contributed by atoms with Crippen LogP contribution in [0.5, 0.6) is 11.6 Å². The number of aromatic nitrogens is 1. The zero-order valence-corrected chi connectivity index (χ0v) is 26.3. The van der Waals surface area contributed by atoms with Gasteiger partial charge in [0, 0.05) is 19.4 Å². The van der Waals surface area contributed by atoms with Crippen LogP contribution in [0.2, 0.25) is 0 Å². The Morgan fingerprint density at radius 2 is 1.88 bits per heavy atom. The Bertz CT molecular complexity index is 1520. The normalized spacial score (nSPS) is 19.8. The molecular formula is C28H41N4O7PS. The highest BCUT2D eigenvalue weighted by Gasteiger charge is 2.39. The van der Waals surface area contributed by atoms with Crippen LogP contribution >= 0.6 is 7.52 Å². The van der Waals surface area contributed by atoms with Crippen LogP contribution in [0, 0.1) is 5.41 Å². The molecule has 13 heteroatoms. The first-order chi connectivity index (χ1) is 19.1. The number of rotatable bonds is 8. The van der Waals surface area contributed by atoms with Gasteiger partial charge in [0.15, 0.2) is 11.6 Å². The van der Waals surface area contributed by atoms with E-state index in [0.29, 0.717) is 22.2 Å². The maximum absolute atomic E-state index is 14.2. The third-order valence-corrected chi connectivity index (χ3v) is 10.7. The number of amidine groups is 1. The zero-order chi connectivity index (χ0) is 30.3. The Hall–Kier alpha value is -2.82. The molecule has 1 fully saturated rings. The SMILES string of the molecule is CCOP1(=O)N=C(c2c(O)c(C3CCCCC3)n(CCC(C)(C)C)c2O)Nc2ccc(N(C(C)=O)S(C)(=O)=O)cc21. The van der Waals surface area contributed by atoms with Crippen molar-refractivity contribution in [1.82, 2.24) is 4.57 Å². The molecular weight excluding hydrogens is 567 g/mol. The second-order valence-electron chi connectivity index (χ2n) is 12.0. The summed E-state index contributed by atoms with van der Waals surface area (Å²) >= 11 is 0. The molecule has 4 rings (SSSR count). The number of fused-ring (bicyclic) bond motifs is 1. The van der Waals surface area contributed by atoms with Crippen molar-refractivity contribution in [1.29, 1.82) is 0 Å². The summed E-state index contributed by atoms with van der Waals surface area (Å²) in [6.07, 6.45) is 6.63. The molecule has 11 nitrogen and oxygen atoms in total. The van der Waals surface area contributed by atoms with E-state index in [1.807, 2.05) is 0 Å². The standard InChI is InChI=1S/C28H41N4O7PS/c1-7-39-40(36)22-17-20(32(18(2)33)41(6,37)38)13-14-21(22)29-26(30-40)23-25(34)24(19-11-9-8-10-12-19)31(27(23)35)16-15-28(3,4)5/h13-14,17,19,34-35H,7-12,15-16H2,1-6H3,(H,29,30,36). The molecule has 0 spiro atoms. The number of hydrogen-bond donors (Lipinski definition) is 3. The molecule has 1 amide bonds. The molecule has 1 aliphatic carbocycles. The lowest BCUT2D eigenvalue weighted by molar-refractivity contribution is -0.115. The summed E-state index contributed by atoms with van der Waals surface area (Å²) in [5.74, 6) is -0.933. The van der Waals surface area contributed by atoms with Gasteiger partial charge in [-0.25, -0.2) is 12.7 Å². The first kappa shape index (κ1) is 31.1. The van der Waals surface area contributed by atoms with Gasteiger partial charge in [-0.2, -0.15) is 4.76 Å². The van der Waals surface area contributed by atoms with Crippen molar-refractivity contribution in [3.05, 3.63) is 29.5 Å². The molecule has 1 aliphatic heterocycles. The second-order valence-corrected chi connectivity index (χ2v) is 15.8. The number of carbonyl (C=O) groups excluding carboxylic acids is 1. The number of aromatic hydroxyl groups is 2. The molecule has 2 aromatic rings. The van der Waals surface area contributed by atoms with Gasteiger partial charge in [-0.1, -0.05) is 40.0 Å². The fourth-order valence-electron chi connectivity index (χ4n) is 5.61. The van der Waals surface area contributed by atoms with Gasteiger partial charge >= 0.3 is 7.52 Å². The molecule has 0 saturated heterocycles. The molecule has 1 unspecified atom stereocenters. The van der Waals surface area contributed by atoms with Crippen LogP contribution in [0.4, 0.5) is 11.4 Å². The Morgan fingerprint density at radius 3 is 2.44 bits per heavy atom. The van der Waals surface area contributed by atoms with Gasteiger partial charge in [-0.15, -0.1) is 0 Å². The van der Waals surface area contributed by atoms with Gasteiger partial charge in [-0.05, 0) is 49.8 Å². The van der Waals surface area contributed by atoms with E-state index in [9.17, 15) is 28.0 Å². The summed E-state index contributed by atoms with van der Waals surface area (Å²) in [4.78, 5) is 12.2. The van der Waals surface area contributed by atoms with Crippen LogP contribution in [0.1, 0.15) is 90.3 Å². The van der Waals surface area contributed by atoms with Gasteiger partial charge in [0.05, 0.1) is 35.2 Å². The largest absolute Gasteiger partial charge is 0.505 e. The van der Waals surface area contributed by atoms with E-state index >= 15 is 0 Å². The van der Waals surface area contributed by atoms with E-state index in [1.54, 1.807) is 11.5 Å². The van der Waals surface area contributed by atoms with E-state index in [4.69, 9.17) is 4.52 Å². The Morgan fingerprint density at radius 1 is 1.22 bits per heavy atom. The molecule has 41 heavy (non-hydrogen) atoms. The number of sulfonamides is 1. The number of amides is 1. The van der Waals surface area contributed by atoms with Crippen LogP contribution in [-0.4, -0.2) is 47.8 Å². The van der Waals surface area contributed by atoms with Crippen molar-refractivity contribution in [2.24, 2.45) is 10.2 Å². The summed E-state index contributed by atoms with van der Waals surface area (Å²) in [6, 6.07) is 4.21. The fraction of sp³-hybridized carbons (Fsp3) is 0.571. The number of carbonyl (C=O) groups is 1. The topological polar surface area (TPSA) is 151 Å². The minimum absolute atomic E-state index is 0.00209. The predicted molar refractivity (Wildman–Crippen MR) is 161 cm³/mol. The van der Waals surface area contributed by atoms with Crippen LogP contribution in [-0.2, 0) is 30.5 Å². The van der Waals surface area contributed by atoms with Crippen molar-refractivity contribution in [2.45, 2.75) is 85.6 Å². The number of hydrogen-bond acceptors (Lipinski definition) is 8. The summed E-state index contributed by atoms with van der Waals surface area (Å²) in [6.45, 7) is 9.62. The Labute approximate surface area is 242 Å². The van der Waals surface area contributed by atoms with E-state index in [1.165, 1.54) is 18.2 Å². The van der Waals surface area contributed by atoms with E-state index in [2.05, 4.69) is 30.9 Å². The summed E-state index contributed by atoms with van der Waals surface area (Å²) in [5, 5.41) is 26.3. The van der Waals surface area contributed by atoms with Gasteiger partial charge < -0.3 is 24.6 Å². The maximum atomic E-state index is 14.2. The van der Waals surface area contributed by atoms with Crippen LogP contribution in [0.15, 0.2) is 23.0 Å². The van der Waals surface area contributed by atoms with Crippen molar-refractivity contribution in [3.8, 4) is 11.6 Å². The third-order valence-electron chi connectivity index (χ3n) is 7.49. The number of nitrogens with zero attached hydrogens (tertiary/aromatic N) is 3. The van der Waals surface area contributed by atoms with Crippen LogP contribution in [0.3, 0.4) is 0 Å². The van der Waals surface area contributed by atoms with Crippen LogP contribution < -0.4 is 14.9 Å². The van der Waals surface area contributed by atoms with Gasteiger partial charge in [0.1, 0.15) is 5.56 Å². The van der Waals surface area contributed by atoms with Crippen molar-refractivity contribution >= 4 is 46.0 Å². The van der Waals surface area contributed by atoms with Crippen molar-refractivity contribution < 1.29 is 32.5 Å². The average molecular weight is 609 g/mol. The highest BCUT2D eigenvalue weighted by molar-refractivity contribution is 7.92. The number of benzene rings is 1. The fourth-order valence-corrected chi connectivity index (χ4v) is 8.37. The van der Waals surface area contributed by atoms with Gasteiger partial charge in [0.25, 0.3) is 0 Å². The van der Waals surface area contributed by atoms with E-state index in [-0.39, 0.29) is 52.0 Å². The molecule has 1 aromatic heterocycles. The highest BCUT2D eigenvalue weighted by Crippen LogP contribution is 2.54. The Kier molecular flexibility index (Phi) is 8.70. The summed E-state index contributed by atoms with van der Waals surface area (Å²) < 4.78 is 51.3. The Balaban J connectivity index is 1.86. The lowest BCUT2D eigenvalue weighted by Gasteiger charge is -2.27. The quantitative estimate of drug-likeness (QED) is 0.336. The lowest BCUT2D eigenvalue weighted by Crippen LogP contribution is -2.35. The lowest BCUT2D eigenvalue weighted by atomic mass is 9.86. The molecule has 2 aliphatic rings. The first-order valence-electron chi connectivity index (χ1n) is 14.0. The molecule has 1 atom stereocenters. The molecule has 226 valence electrons. The van der Waals surface area contributed by atoms with E-state index in [0.717, 1.165) is 51.7 Å². The van der Waals surface area contributed by atoms with Gasteiger partial charge in [-0.3, -0.25) is 9.36 Å². The minimum Gasteiger partial charge on any atom is -0.505 e. The highest BCUT2D eigenvalue weighted by atomic mass is 32.2. The van der Waals surface area contributed by atoms with Gasteiger partial charge in [0.2, 0.25) is 21.8 Å². The first-order valence-corrected chi connectivity index (χ1v) is 17.4. The minimum atomic E-state index is -4.03. The molecule has 2 heterocycles. The predicted octanol–water partition coefficient (Wildman–Crippen LogP) is 5.42. The second kappa shape index (κ2) is 11.5. The molecule has 0 bridgehead atoms. The summed E-state index contributed by atoms with van der Waals surface area (Å²) in [5.41, 5.74) is 0.989. The third kappa shape index (κ3) is 6.34. The maximum Gasteiger partial charge on any atom is 0.348 e. The summed E-state index contributed by atoms with van der Waals surface area (Å²) in [7, 11) is -7.99. The zero-order valence-electron chi connectivity index (χ0n) is 24.6. The molecule has 1 aromatic carbocycles. The van der Waals surface area contributed by atoms with Crippen LogP contribution in [0.25, 0.3) is 0 Å². The molecule has 1 saturated carbocycles. The van der Waals surface area contributed by atoms with E-state index < -0.39 is 23.5 Å². The molecule has 3 N–H and O–H groups in total. The monoisotopic (exact) mass is 608 g/mol. The molecule has 0 radical (unpaired) electrons. The number of anilines is 2. The average Bonchev–Trinajstić information content (AvgIpc) is 3.11. The van der Waals surface area contributed by atoms with Crippen molar-refractivity contribution in [3.63, 3.8) is 0 Å².